The molecule has 0 fully saturated rings. The van der Waals surface area contributed by atoms with Gasteiger partial charge in [-0.2, -0.15) is 0 Å². The van der Waals surface area contributed by atoms with Crippen molar-refractivity contribution in [2.75, 3.05) is 0 Å². The predicted molar refractivity (Wildman–Crippen MR) is 39.1 cm³/mol. The van der Waals surface area contributed by atoms with Crippen LogP contribution in [0.15, 0.2) is 18.5 Å². The first kappa shape index (κ1) is 9.20. The van der Waals surface area contributed by atoms with E-state index in [0.29, 0.717) is 5.56 Å². The van der Waals surface area contributed by atoms with Gasteiger partial charge in [0, 0.05) is 11.8 Å². The molecule has 0 unspecified atom stereocenters. The summed E-state index contributed by atoms with van der Waals surface area (Å²) < 4.78 is 0. The van der Waals surface area contributed by atoms with Crippen LogP contribution in [-0.2, 0) is 6.61 Å². The lowest BCUT2D eigenvalue weighted by molar-refractivity contribution is 0.275. The number of aliphatic hydroxyl groups is 1. The van der Waals surface area contributed by atoms with E-state index in [4.69, 9.17) is 10.2 Å². The van der Waals surface area contributed by atoms with Crippen LogP contribution in [0.1, 0.15) is 5.56 Å². The Morgan fingerprint density at radius 1 is 1.50 bits per heavy atom. The van der Waals surface area contributed by atoms with Crippen LogP contribution in [-0.4, -0.2) is 15.2 Å². The van der Waals surface area contributed by atoms with Crippen molar-refractivity contribution >= 4 is 12.4 Å². The normalized spacial score (nSPS) is 8.50. The number of rotatable bonds is 1. The average molecular weight is 162 g/mol. The number of halogens is 1. The summed E-state index contributed by atoms with van der Waals surface area (Å²) in [6, 6.07) is 1.56. The van der Waals surface area contributed by atoms with Crippen LogP contribution in [0.2, 0.25) is 0 Å². The van der Waals surface area contributed by atoms with E-state index >= 15 is 0 Å². The Labute approximate surface area is 64.8 Å². The molecule has 1 aromatic heterocycles. The third-order valence-electron chi connectivity index (χ3n) is 1.06. The minimum atomic E-state index is -0.144. The van der Waals surface area contributed by atoms with E-state index in [2.05, 4.69) is 4.98 Å². The van der Waals surface area contributed by atoms with E-state index < -0.39 is 0 Å². The Balaban J connectivity index is 0.000000810. The Bertz CT molecular complexity index is 205. The van der Waals surface area contributed by atoms with E-state index in [9.17, 15) is 0 Å². The van der Waals surface area contributed by atoms with Crippen LogP contribution in [0, 0.1) is 0 Å². The molecular formula is C6H8ClNO2. The average Bonchev–Trinajstić information content (AvgIpc) is 1.89. The Morgan fingerprint density at radius 3 is 2.60 bits per heavy atom. The standard InChI is InChI=1S/C6H7NO2.ClH/c8-4-5-1-2-7-3-6(5)9;/h1-3,8-9H,4H2;1H. The van der Waals surface area contributed by atoms with Gasteiger partial charge in [-0.15, -0.1) is 12.4 Å². The van der Waals surface area contributed by atoms with Crippen LogP contribution in [0.25, 0.3) is 0 Å². The number of hydrogen-bond acceptors (Lipinski definition) is 3. The maximum absolute atomic E-state index is 8.89. The molecule has 0 saturated heterocycles. The summed E-state index contributed by atoms with van der Waals surface area (Å²) in [7, 11) is 0. The zero-order chi connectivity index (χ0) is 6.69. The van der Waals surface area contributed by atoms with Crippen LogP contribution in [0.4, 0.5) is 0 Å². The SMILES string of the molecule is Cl.OCc1ccncc1O. The first-order valence-corrected chi connectivity index (χ1v) is 2.57. The van der Waals surface area contributed by atoms with Gasteiger partial charge in [0.05, 0.1) is 12.8 Å². The molecule has 0 aliphatic heterocycles. The highest BCUT2D eigenvalue weighted by Gasteiger charge is 1.94. The molecule has 1 rings (SSSR count). The van der Waals surface area contributed by atoms with Gasteiger partial charge in [-0.25, -0.2) is 0 Å². The fraction of sp³-hybridized carbons (Fsp3) is 0.167. The van der Waals surface area contributed by atoms with Crippen LogP contribution < -0.4 is 0 Å². The van der Waals surface area contributed by atoms with Crippen molar-refractivity contribution in [1.29, 1.82) is 0 Å². The van der Waals surface area contributed by atoms with E-state index in [0.717, 1.165) is 0 Å². The molecule has 0 atom stereocenters. The molecule has 56 valence electrons. The van der Waals surface area contributed by atoms with Gasteiger partial charge in [0.15, 0.2) is 0 Å². The van der Waals surface area contributed by atoms with Gasteiger partial charge < -0.3 is 10.2 Å². The second-order valence-corrected chi connectivity index (χ2v) is 1.66. The number of aliphatic hydroxyl groups excluding tert-OH is 1. The van der Waals surface area contributed by atoms with Crippen LogP contribution in [0.5, 0.6) is 5.75 Å². The van der Waals surface area contributed by atoms with Gasteiger partial charge in [-0.3, -0.25) is 4.98 Å². The van der Waals surface area contributed by atoms with Gasteiger partial charge in [-0.05, 0) is 6.07 Å². The highest BCUT2D eigenvalue weighted by Crippen LogP contribution is 2.12. The topological polar surface area (TPSA) is 53.4 Å². The molecule has 3 nitrogen and oxygen atoms in total. The lowest BCUT2D eigenvalue weighted by Gasteiger charge is -1.95. The molecular weight excluding hydrogens is 154 g/mol. The zero-order valence-corrected chi connectivity index (χ0v) is 6.01. The summed E-state index contributed by atoms with van der Waals surface area (Å²) in [6.07, 6.45) is 2.82. The van der Waals surface area contributed by atoms with Crippen LogP contribution in [0.3, 0.4) is 0 Å². The number of aromatic nitrogens is 1. The number of nitrogens with zero attached hydrogens (tertiary/aromatic N) is 1. The van der Waals surface area contributed by atoms with Crippen LogP contribution >= 0.6 is 12.4 Å². The number of hydrogen-bond donors (Lipinski definition) is 2. The van der Waals surface area contributed by atoms with E-state index in [1.807, 2.05) is 0 Å². The lowest BCUT2D eigenvalue weighted by atomic mass is 10.3. The predicted octanol–water partition coefficient (Wildman–Crippen LogP) is 0.701. The molecule has 4 heteroatoms. The number of pyridine rings is 1. The smallest absolute Gasteiger partial charge is 0.139 e. The molecule has 0 bridgehead atoms. The summed E-state index contributed by atoms with van der Waals surface area (Å²) in [6.45, 7) is -0.144. The van der Waals surface area contributed by atoms with Gasteiger partial charge in [-0.1, -0.05) is 0 Å². The summed E-state index contributed by atoms with van der Waals surface area (Å²) in [5.74, 6) is 0.0417. The van der Waals surface area contributed by atoms with E-state index in [1.54, 1.807) is 6.07 Å². The monoisotopic (exact) mass is 161 g/mol. The second-order valence-electron chi connectivity index (χ2n) is 1.66. The highest BCUT2D eigenvalue weighted by molar-refractivity contribution is 5.85. The zero-order valence-electron chi connectivity index (χ0n) is 5.19. The summed E-state index contributed by atoms with van der Waals surface area (Å²) in [5.41, 5.74) is 0.505. The largest absolute Gasteiger partial charge is 0.506 e. The number of aromatic hydroxyl groups is 1. The molecule has 0 aliphatic rings. The van der Waals surface area contributed by atoms with Crippen molar-refractivity contribution in [3.05, 3.63) is 24.0 Å². The van der Waals surface area contributed by atoms with Crippen molar-refractivity contribution in [3.63, 3.8) is 0 Å². The second kappa shape index (κ2) is 4.09. The fourth-order valence-corrected chi connectivity index (χ4v) is 0.549. The maximum Gasteiger partial charge on any atom is 0.139 e. The van der Waals surface area contributed by atoms with Crippen molar-refractivity contribution < 1.29 is 10.2 Å². The third kappa shape index (κ3) is 1.86. The molecule has 2 N–H and O–H groups in total. The van der Waals surface area contributed by atoms with E-state index in [1.165, 1.54) is 12.4 Å². The molecule has 0 aliphatic carbocycles. The molecule has 1 heterocycles. The lowest BCUT2D eigenvalue weighted by Crippen LogP contribution is -1.83. The summed E-state index contributed by atoms with van der Waals surface area (Å²) in [4.78, 5) is 3.63. The highest BCUT2D eigenvalue weighted by atomic mass is 35.5. The minimum absolute atomic E-state index is 0. The molecule has 10 heavy (non-hydrogen) atoms. The van der Waals surface area contributed by atoms with Crippen molar-refractivity contribution in [3.8, 4) is 5.75 Å². The Hall–Kier alpha value is -0.800. The maximum atomic E-state index is 8.89. The molecule has 1 aromatic rings. The van der Waals surface area contributed by atoms with Gasteiger partial charge in [0.2, 0.25) is 0 Å². The van der Waals surface area contributed by atoms with Crippen molar-refractivity contribution in [2.24, 2.45) is 0 Å². The minimum Gasteiger partial charge on any atom is -0.506 e. The van der Waals surface area contributed by atoms with Gasteiger partial charge in [0.1, 0.15) is 5.75 Å². The molecule has 0 radical (unpaired) electrons. The fourth-order valence-electron chi connectivity index (χ4n) is 0.549. The molecule has 0 spiro atoms. The van der Waals surface area contributed by atoms with Gasteiger partial charge in [0.25, 0.3) is 0 Å². The van der Waals surface area contributed by atoms with E-state index in [-0.39, 0.29) is 24.8 Å². The molecule has 0 aromatic carbocycles. The Kier molecular flexibility index (Phi) is 3.76. The quantitative estimate of drug-likeness (QED) is 0.638. The first-order chi connectivity index (χ1) is 4.34. The summed E-state index contributed by atoms with van der Waals surface area (Å²) >= 11 is 0. The molecule has 0 amide bonds. The first-order valence-electron chi connectivity index (χ1n) is 2.57. The Morgan fingerprint density at radius 2 is 2.20 bits per heavy atom. The van der Waals surface area contributed by atoms with Crippen molar-refractivity contribution in [1.82, 2.24) is 4.98 Å². The summed E-state index contributed by atoms with van der Waals surface area (Å²) in [5, 5.41) is 17.4. The third-order valence-corrected chi connectivity index (χ3v) is 1.06. The van der Waals surface area contributed by atoms with Crippen molar-refractivity contribution in [2.45, 2.75) is 6.61 Å². The van der Waals surface area contributed by atoms with Gasteiger partial charge >= 0.3 is 0 Å². The molecule has 0 saturated carbocycles.